The Balaban J connectivity index is 2.45. The van der Waals surface area contributed by atoms with Gasteiger partial charge in [-0.2, -0.15) is 0 Å². The molecule has 2 aromatic carbocycles. The molecule has 6 nitrogen and oxygen atoms in total. The number of nitrogens with two attached hydrogens (primary N) is 1. The van der Waals surface area contributed by atoms with E-state index >= 15 is 0 Å². The third kappa shape index (κ3) is 3.91. The smallest absolute Gasteiger partial charge is 0.188 e. The number of hydrogen-bond acceptors (Lipinski definition) is 6. The minimum atomic E-state index is -0.150. The lowest BCUT2D eigenvalue weighted by Crippen LogP contribution is -2.03. The molecule has 0 saturated heterocycles. The molecule has 0 aromatic heterocycles. The monoisotopic (exact) mass is 357 g/mol. The number of methoxy groups -OCH3 is 4. The fourth-order valence-corrected chi connectivity index (χ4v) is 2.59. The summed E-state index contributed by atoms with van der Waals surface area (Å²) in [5.74, 6) is 2.02. The lowest BCUT2D eigenvalue weighted by molar-refractivity contribution is 0.103. The van der Waals surface area contributed by atoms with Gasteiger partial charge in [0.2, 0.25) is 0 Å². The van der Waals surface area contributed by atoms with Gasteiger partial charge in [0.25, 0.3) is 0 Å². The van der Waals surface area contributed by atoms with Crippen molar-refractivity contribution in [2.75, 3.05) is 34.2 Å². The molecule has 138 valence electrons. The van der Waals surface area contributed by atoms with Crippen LogP contribution in [0.25, 0.3) is 6.08 Å². The summed E-state index contributed by atoms with van der Waals surface area (Å²) in [5, 5.41) is 0. The van der Waals surface area contributed by atoms with Crippen LogP contribution >= 0.6 is 0 Å². The average molecular weight is 357 g/mol. The minimum Gasteiger partial charge on any atom is -0.497 e. The second-order valence-corrected chi connectivity index (χ2v) is 5.57. The number of ketones is 1. The van der Waals surface area contributed by atoms with Gasteiger partial charge in [0.15, 0.2) is 17.3 Å². The molecule has 0 unspecified atom stereocenters. The van der Waals surface area contributed by atoms with Gasteiger partial charge in [-0.1, -0.05) is 0 Å². The van der Waals surface area contributed by atoms with Crippen molar-refractivity contribution in [1.29, 1.82) is 0 Å². The Bertz CT molecular complexity index is 842. The van der Waals surface area contributed by atoms with Crippen LogP contribution in [0.5, 0.6) is 23.0 Å². The van der Waals surface area contributed by atoms with Crippen LogP contribution in [-0.2, 0) is 0 Å². The van der Waals surface area contributed by atoms with E-state index in [0.717, 1.165) is 0 Å². The Labute approximate surface area is 153 Å². The fraction of sp³-hybridized carbons (Fsp3) is 0.250. The highest BCUT2D eigenvalue weighted by molar-refractivity contribution is 6.11. The maximum absolute atomic E-state index is 12.7. The van der Waals surface area contributed by atoms with Crippen LogP contribution in [-0.4, -0.2) is 34.2 Å². The van der Waals surface area contributed by atoms with Crippen molar-refractivity contribution in [3.05, 3.63) is 47.0 Å². The molecule has 0 amide bonds. The van der Waals surface area contributed by atoms with Gasteiger partial charge in [-0.3, -0.25) is 4.79 Å². The Kier molecular flexibility index (Phi) is 6.11. The van der Waals surface area contributed by atoms with E-state index in [9.17, 15) is 4.79 Å². The van der Waals surface area contributed by atoms with Crippen molar-refractivity contribution >= 4 is 17.5 Å². The molecule has 0 fully saturated rings. The van der Waals surface area contributed by atoms with E-state index in [1.807, 2.05) is 0 Å². The van der Waals surface area contributed by atoms with Crippen LogP contribution in [0.1, 0.15) is 22.8 Å². The summed E-state index contributed by atoms with van der Waals surface area (Å²) in [4.78, 5) is 12.7. The van der Waals surface area contributed by atoms with E-state index in [1.54, 1.807) is 64.7 Å². The molecule has 0 aliphatic rings. The lowest BCUT2D eigenvalue weighted by atomic mass is 10.0. The summed E-state index contributed by atoms with van der Waals surface area (Å²) >= 11 is 0. The predicted molar refractivity (Wildman–Crippen MR) is 101 cm³/mol. The van der Waals surface area contributed by atoms with Crippen molar-refractivity contribution < 1.29 is 23.7 Å². The quantitative estimate of drug-likeness (QED) is 0.463. The zero-order chi connectivity index (χ0) is 19.3. The molecule has 0 heterocycles. The maximum atomic E-state index is 12.7. The summed E-state index contributed by atoms with van der Waals surface area (Å²) in [6.45, 7) is 1.73. The highest BCUT2D eigenvalue weighted by Gasteiger charge is 2.15. The summed E-state index contributed by atoms with van der Waals surface area (Å²) in [6.07, 6.45) is 1.73. The molecule has 0 radical (unpaired) electrons. The Hall–Kier alpha value is -3.15. The van der Waals surface area contributed by atoms with Gasteiger partial charge in [-0.25, -0.2) is 0 Å². The standard InChI is InChI=1S/C20H23NO5/c1-12(19(22)13-6-7-17(24-3)16(21)10-13)8-14-9-15(23-2)11-18(25-4)20(14)26-5/h6-11H,21H2,1-5H3. The Morgan fingerprint density at radius 1 is 0.923 bits per heavy atom. The van der Waals surface area contributed by atoms with Crippen molar-refractivity contribution in [3.63, 3.8) is 0 Å². The summed E-state index contributed by atoms with van der Waals surface area (Å²) < 4.78 is 21.2. The number of benzene rings is 2. The number of ether oxygens (including phenoxy) is 4. The number of rotatable bonds is 7. The molecule has 2 aromatic rings. The largest absolute Gasteiger partial charge is 0.497 e. The molecule has 0 aliphatic heterocycles. The van der Waals surface area contributed by atoms with E-state index in [2.05, 4.69) is 0 Å². The molecule has 0 spiro atoms. The molecule has 0 aliphatic carbocycles. The predicted octanol–water partition coefficient (Wildman–Crippen LogP) is 3.59. The Morgan fingerprint density at radius 3 is 2.15 bits per heavy atom. The molecule has 0 atom stereocenters. The van der Waals surface area contributed by atoms with Gasteiger partial charge in [0.1, 0.15) is 11.5 Å². The van der Waals surface area contributed by atoms with E-state index in [-0.39, 0.29) is 5.78 Å². The number of carbonyl (C=O) groups excluding carboxylic acids is 1. The molecule has 26 heavy (non-hydrogen) atoms. The zero-order valence-electron chi connectivity index (χ0n) is 15.6. The number of hydrogen-bond donors (Lipinski definition) is 1. The van der Waals surface area contributed by atoms with Crippen molar-refractivity contribution in [2.45, 2.75) is 6.92 Å². The fourth-order valence-electron chi connectivity index (χ4n) is 2.59. The maximum Gasteiger partial charge on any atom is 0.188 e. The molecule has 2 N–H and O–H groups in total. The Morgan fingerprint density at radius 2 is 1.62 bits per heavy atom. The van der Waals surface area contributed by atoms with Gasteiger partial charge in [0, 0.05) is 17.2 Å². The summed E-state index contributed by atoms with van der Waals surface area (Å²) in [6, 6.07) is 8.45. The number of Topliss-reactive ketones (excluding diaryl/α,β-unsaturated/α-hetero) is 1. The second-order valence-electron chi connectivity index (χ2n) is 5.57. The van der Waals surface area contributed by atoms with E-state index in [4.69, 9.17) is 24.7 Å². The topological polar surface area (TPSA) is 80.0 Å². The number of allylic oxidation sites excluding steroid dienone is 1. The normalized spacial score (nSPS) is 11.0. The molecule has 2 rings (SSSR count). The lowest BCUT2D eigenvalue weighted by Gasteiger charge is -2.13. The van der Waals surface area contributed by atoms with E-state index < -0.39 is 0 Å². The highest BCUT2D eigenvalue weighted by Crippen LogP contribution is 2.37. The third-order valence-corrected chi connectivity index (χ3v) is 3.94. The molecule has 0 saturated carbocycles. The van der Waals surface area contributed by atoms with Gasteiger partial charge < -0.3 is 24.7 Å². The minimum absolute atomic E-state index is 0.150. The van der Waals surface area contributed by atoms with E-state index in [0.29, 0.717) is 45.4 Å². The van der Waals surface area contributed by atoms with Crippen LogP contribution in [0.2, 0.25) is 0 Å². The van der Waals surface area contributed by atoms with Gasteiger partial charge in [0.05, 0.1) is 34.1 Å². The van der Waals surface area contributed by atoms with E-state index in [1.165, 1.54) is 7.11 Å². The zero-order valence-corrected chi connectivity index (χ0v) is 15.6. The molecular weight excluding hydrogens is 334 g/mol. The summed E-state index contributed by atoms with van der Waals surface area (Å²) in [5.41, 5.74) is 7.97. The highest BCUT2D eigenvalue weighted by atomic mass is 16.5. The van der Waals surface area contributed by atoms with Crippen LogP contribution in [0.15, 0.2) is 35.9 Å². The van der Waals surface area contributed by atoms with Gasteiger partial charge in [-0.15, -0.1) is 0 Å². The van der Waals surface area contributed by atoms with Crippen molar-refractivity contribution in [2.24, 2.45) is 0 Å². The number of nitrogen functional groups attached to an aromatic ring is 1. The van der Waals surface area contributed by atoms with Crippen LogP contribution < -0.4 is 24.7 Å². The second kappa shape index (κ2) is 8.29. The number of carbonyl (C=O) groups is 1. The molecular formula is C20H23NO5. The first-order valence-electron chi connectivity index (χ1n) is 7.91. The first kappa shape index (κ1) is 19.2. The van der Waals surface area contributed by atoms with Crippen molar-refractivity contribution in [3.8, 4) is 23.0 Å². The molecule has 0 bridgehead atoms. The first-order chi connectivity index (χ1) is 12.4. The van der Waals surface area contributed by atoms with Gasteiger partial charge >= 0.3 is 0 Å². The van der Waals surface area contributed by atoms with Gasteiger partial charge in [-0.05, 0) is 42.8 Å². The average Bonchev–Trinajstić information content (AvgIpc) is 2.66. The van der Waals surface area contributed by atoms with Crippen molar-refractivity contribution in [1.82, 2.24) is 0 Å². The third-order valence-electron chi connectivity index (χ3n) is 3.94. The summed E-state index contributed by atoms with van der Waals surface area (Å²) in [7, 11) is 6.18. The van der Waals surface area contributed by atoms with Crippen LogP contribution in [0.3, 0.4) is 0 Å². The molecule has 6 heteroatoms. The van der Waals surface area contributed by atoms with Crippen LogP contribution in [0, 0.1) is 0 Å². The number of anilines is 1. The SMILES string of the molecule is COc1cc(C=C(C)C(=O)c2ccc(OC)c(N)c2)c(OC)c(OC)c1. The van der Waals surface area contributed by atoms with Crippen LogP contribution in [0.4, 0.5) is 5.69 Å². The first-order valence-corrected chi connectivity index (χ1v) is 7.91.